The fraction of sp³-hybridized carbons (Fsp3) is 0.133. The van der Waals surface area contributed by atoms with E-state index in [9.17, 15) is 4.79 Å². The molecular weight excluding hydrogens is 336 g/mol. The van der Waals surface area contributed by atoms with Gasteiger partial charge in [0.25, 0.3) is 5.84 Å². The molecule has 1 heterocycles. The molecule has 0 aliphatic heterocycles. The first-order valence-corrected chi connectivity index (χ1v) is 7.84. The molecule has 0 fully saturated rings. The third-order valence-electron chi connectivity index (χ3n) is 2.71. The molecule has 0 radical (unpaired) electrons. The Morgan fingerprint density at radius 2 is 2.09 bits per heavy atom. The fourth-order valence-electron chi connectivity index (χ4n) is 1.55. The normalized spacial score (nSPS) is 11.5. The number of carbonyl (C=O) groups excluding carboxylic acids is 1. The largest absolute Gasteiger partial charge is 0.463 e. The highest BCUT2D eigenvalue weighted by atomic mass is 35.5. The van der Waals surface area contributed by atoms with E-state index in [1.54, 1.807) is 48.9 Å². The smallest absolute Gasteiger partial charge is 0.377 e. The number of rotatable bonds is 4. The summed E-state index contributed by atoms with van der Waals surface area (Å²) in [7, 11) is 2.90. The topological polar surface area (TPSA) is 66.3 Å². The summed E-state index contributed by atoms with van der Waals surface area (Å²) in [5.41, 5.74) is 3.46. The Morgan fingerprint density at radius 1 is 1.35 bits per heavy atom. The summed E-state index contributed by atoms with van der Waals surface area (Å²) >= 11 is 7.37. The number of likely N-dealkylation sites (N-methyl/N-ethyl adjacent to an activating group) is 1. The van der Waals surface area contributed by atoms with E-state index in [2.05, 4.69) is 15.6 Å². The Kier molecular flexibility index (Phi) is 6.13. The van der Waals surface area contributed by atoms with Gasteiger partial charge in [-0.3, -0.25) is 5.43 Å². The van der Waals surface area contributed by atoms with Crippen molar-refractivity contribution >= 4 is 46.6 Å². The Labute approximate surface area is 143 Å². The molecule has 23 heavy (non-hydrogen) atoms. The lowest BCUT2D eigenvalue weighted by Crippen LogP contribution is -2.31. The quantitative estimate of drug-likeness (QED) is 0.398. The Balaban J connectivity index is 2.13. The van der Waals surface area contributed by atoms with Crippen LogP contribution in [0.1, 0.15) is 4.88 Å². The van der Waals surface area contributed by atoms with Crippen LogP contribution in [0.3, 0.4) is 0 Å². The minimum absolute atomic E-state index is 0.0234. The Morgan fingerprint density at radius 3 is 2.70 bits per heavy atom. The average molecular weight is 351 g/mol. The number of amidine groups is 1. The SMILES string of the molecule is COC(=O)/C(=N/Nc1ccc(Cl)cc1)N(C)/N=C/c1cccs1. The van der Waals surface area contributed by atoms with Crippen molar-refractivity contribution in [1.82, 2.24) is 5.01 Å². The zero-order chi connectivity index (χ0) is 16.7. The second-order valence-electron chi connectivity index (χ2n) is 4.33. The number of nitrogens with one attached hydrogen (secondary N) is 1. The van der Waals surface area contributed by atoms with Gasteiger partial charge in [0, 0.05) is 16.9 Å². The van der Waals surface area contributed by atoms with Crippen LogP contribution in [0.15, 0.2) is 52.0 Å². The first kappa shape index (κ1) is 17.0. The van der Waals surface area contributed by atoms with Crippen molar-refractivity contribution in [3.8, 4) is 0 Å². The number of thiophene rings is 1. The van der Waals surface area contributed by atoms with E-state index in [4.69, 9.17) is 16.3 Å². The van der Waals surface area contributed by atoms with Crippen LogP contribution in [-0.4, -0.2) is 37.2 Å². The van der Waals surface area contributed by atoms with E-state index in [1.807, 2.05) is 17.5 Å². The van der Waals surface area contributed by atoms with Gasteiger partial charge in [0.05, 0.1) is 19.0 Å². The molecule has 0 unspecified atom stereocenters. The summed E-state index contributed by atoms with van der Waals surface area (Å²) in [6, 6.07) is 10.8. The molecule has 0 saturated carbocycles. The third-order valence-corrected chi connectivity index (χ3v) is 3.77. The van der Waals surface area contributed by atoms with E-state index in [1.165, 1.54) is 12.1 Å². The van der Waals surface area contributed by atoms with Gasteiger partial charge in [-0.05, 0) is 35.7 Å². The molecule has 0 spiro atoms. The van der Waals surface area contributed by atoms with Gasteiger partial charge in [-0.1, -0.05) is 17.7 Å². The zero-order valence-corrected chi connectivity index (χ0v) is 14.1. The van der Waals surface area contributed by atoms with Crippen LogP contribution in [0, 0.1) is 0 Å². The average Bonchev–Trinajstić information content (AvgIpc) is 3.08. The highest BCUT2D eigenvalue weighted by Crippen LogP contribution is 2.13. The van der Waals surface area contributed by atoms with Gasteiger partial charge in [-0.15, -0.1) is 16.4 Å². The van der Waals surface area contributed by atoms with Gasteiger partial charge in [-0.2, -0.15) is 5.10 Å². The van der Waals surface area contributed by atoms with Gasteiger partial charge in [0.1, 0.15) is 0 Å². The monoisotopic (exact) mass is 350 g/mol. The highest BCUT2D eigenvalue weighted by molar-refractivity contribution is 7.11. The van der Waals surface area contributed by atoms with Gasteiger partial charge in [0.2, 0.25) is 0 Å². The molecule has 0 aliphatic carbocycles. The lowest BCUT2D eigenvalue weighted by Gasteiger charge is -2.13. The van der Waals surface area contributed by atoms with Crippen molar-refractivity contribution in [2.45, 2.75) is 0 Å². The number of hydrogen-bond donors (Lipinski definition) is 1. The predicted molar refractivity (Wildman–Crippen MR) is 94.2 cm³/mol. The molecule has 0 aliphatic rings. The molecule has 0 bridgehead atoms. The Bertz CT molecular complexity index is 699. The highest BCUT2D eigenvalue weighted by Gasteiger charge is 2.16. The molecule has 8 heteroatoms. The van der Waals surface area contributed by atoms with E-state index in [0.717, 1.165) is 4.88 Å². The minimum atomic E-state index is -0.600. The molecule has 6 nitrogen and oxygen atoms in total. The summed E-state index contributed by atoms with van der Waals surface area (Å²) < 4.78 is 4.73. The maximum Gasteiger partial charge on any atom is 0.377 e. The number of esters is 1. The number of anilines is 1. The van der Waals surface area contributed by atoms with Crippen molar-refractivity contribution < 1.29 is 9.53 Å². The van der Waals surface area contributed by atoms with Gasteiger partial charge >= 0.3 is 5.97 Å². The molecule has 0 saturated heterocycles. The van der Waals surface area contributed by atoms with Crippen LogP contribution >= 0.6 is 22.9 Å². The van der Waals surface area contributed by atoms with Crippen LogP contribution in [-0.2, 0) is 9.53 Å². The predicted octanol–water partition coefficient (Wildman–Crippen LogP) is 3.27. The molecule has 2 aromatic rings. The lowest BCUT2D eigenvalue weighted by atomic mass is 10.3. The zero-order valence-electron chi connectivity index (χ0n) is 12.6. The van der Waals surface area contributed by atoms with Crippen molar-refractivity contribution in [3.63, 3.8) is 0 Å². The number of ether oxygens (including phenoxy) is 1. The number of hydrazone groups is 2. The molecule has 120 valence electrons. The summed E-state index contributed by atoms with van der Waals surface area (Å²) in [4.78, 5) is 12.8. The molecule has 0 atom stereocenters. The molecule has 1 aromatic heterocycles. The number of methoxy groups -OCH3 is 1. The summed E-state index contributed by atoms with van der Waals surface area (Å²) in [5.74, 6) is -0.576. The van der Waals surface area contributed by atoms with Crippen molar-refractivity contribution in [2.75, 3.05) is 19.6 Å². The van der Waals surface area contributed by atoms with Crippen molar-refractivity contribution in [3.05, 3.63) is 51.7 Å². The summed E-state index contributed by atoms with van der Waals surface area (Å²) in [6.45, 7) is 0. The molecular formula is C15H15ClN4O2S. The van der Waals surface area contributed by atoms with Crippen LogP contribution in [0.5, 0.6) is 0 Å². The lowest BCUT2D eigenvalue weighted by molar-refractivity contribution is -0.133. The third kappa shape index (κ3) is 5.08. The maximum atomic E-state index is 11.9. The number of carbonyl (C=O) groups is 1. The van der Waals surface area contributed by atoms with Crippen LogP contribution in [0.25, 0.3) is 0 Å². The number of halogens is 1. The first-order valence-electron chi connectivity index (χ1n) is 6.59. The minimum Gasteiger partial charge on any atom is -0.463 e. The van der Waals surface area contributed by atoms with Gasteiger partial charge in [0.15, 0.2) is 0 Å². The van der Waals surface area contributed by atoms with Gasteiger partial charge in [-0.25, -0.2) is 9.80 Å². The van der Waals surface area contributed by atoms with E-state index in [0.29, 0.717) is 10.7 Å². The van der Waals surface area contributed by atoms with Gasteiger partial charge < -0.3 is 4.74 Å². The standard InChI is InChI=1S/C15H15ClN4O2S/c1-20(17-10-13-4-3-9-23-13)14(15(21)22-2)19-18-12-7-5-11(16)6-8-12/h3-10,18H,1-2H3/b17-10+,19-14-. The summed E-state index contributed by atoms with van der Waals surface area (Å²) in [5, 5.41) is 12.1. The molecule has 1 aromatic carbocycles. The van der Waals surface area contributed by atoms with E-state index >= 15 is 0 Å². The number of nitrogens with zero attached hydrogens (tertiary/aromatic N) is 3. The molecule has 0 amide bonds. The first-order chi connectivity index (χ1) is 11.1. The van der Waals surface area contributed by atoms with E-state index < -0.39 is 5.97 Å². The summed E-state index contributed by atoms with van der Waals surface area (Å²) in [6.07, 6.45) is 1.64. The van der Waals surface area contributed by atoms with Crippen molar-refractivity contribution in [2.24, 2.45) is 10.2 Å². The maximum absolute atomic E-state index is 11.9. The Hall–Kier alpha value is -2.38. The van der Waals surface area contributed by atoms with Crippen LogP contribution in [0.2, 0.25) is 5.02 Å². The number of hydrogen-bond acceptors (Lipinski definition) is 6. The fourth-order valence-corrected chi connectivity index (χ4v) is 2.25. The second-order valence-corrected chi connectivity index (χ2v) is 5.74. The molecule has 1 N–H and O–H groups in total. The van der Waals surface area contributed by atoms with E-state index in [-0.39, 0.29) is 5.84 Å². The van der Waals surface area contributed by atoms with Crippen LogP contribution < -0.4 is 5.43 Å². The molecule has 2 rings (SSSR count). The van der Waals surface area contributed by atoms with Crippen molar-refractivity contribution in [1.29, 1.82) is 0 Å². The van der Waals surface area contributed by atoms with Crippen LogP contribution in [0.4, 0.5) is 5.69 Å². The number of benzene rings is 1. The second kappa shape index (κ2) is 8.30.